The van der Waals surface area contributed by atoms with Crippen molar-refractivity contribution < 1.29 is 44.1 Å². The van der Waals surface area contributed by atoms with Crippen LogP contribution in [0, 0.1) is 0 Å². The number of nitrogens with two attached hydrogens (primary N) is 3. The van der Waals surface area contributed by atoms with Crippen molar-refractivity contribution in [3.63, 3.8) is 0 Å². The van der Waals surface area contributed by atoms with E-state index < -0.39 is 72.3 Å². The molecule has 0 fully saturated rings. The molecule has 0 saturated heterocycles. The Morgan fingerprint density at radius 3 is 2.09 bits per heavy atom. The number of aliphatic hydroxyl groups is 2. The number of carbonyl (C=O) groups is 6. The van der Waals surface area contributed by atoms with Crippen molar-refractivity contribution in [1.82, 2.24) is 30.7 Å². The topological polar surface area (TPSA) is 313 Å². The van der Waals surface area contributed by atoms with Crippen LogP contribution in [0.5, 0.6) is 0 Å². The van der Waals surface area contributed by atoms with E-state index in [1.165, 1.54) is 0 Å². The molecular formula is C28H47N9O9S. The number of benzene rings is 1. The fraction of sp³-hybridized carbons (Fsp3) is 0.571. The lowest BCUT2D eigenvalue weighted by Crippen LogP contribution is -2.53. The molecule has 0 saturated carbocycles. The summed E-state index contributed by atoms with van der Waals surface area (Å²) in [5.74, 6) is -4.16. The van der Waals surface area contributed by atoms with E-state index in [1.54, 1.807) is 12.1 Å². The summed E-state index contributed by atoms with van der Waals surface area (Å²) in [4.78, 5) is 72.5. The number of aliphatic hydroxyl groups excluding tert-OH is 2. The van der Waals surface area contributed by atoms with Crippen LogP contribution in [-0.2, 0) is 35.2 Å². The Morgan fingerprint density at radius 2 is 1.49 bits per heavy atom. The van der Waals surface area contributed by atoms with Gasteiger partial charge in [-0.15, -0.1) is 0 Å². The summed E-state index contributed by atoms with van der Waals surface area (Å²) >= 11 is 0.572. The number of nitrogens with one attached hydrogen (secondary N) is 6. The third-order valence-corrected chi connectivity index (χ3v) is 7.27. The van der Waals surface area contributed by atoms with Gasteiger partial charge in [0.05, 0.1) is 25.7 Å². The minimum absolute atomic E-state index is 0.0258. The van der Waals surface area contributed by atoms with Crippen LogP contribution in [0.25, 0.3) is 0 Å². The number of aliphatic carboxylic acids is 1. The minimum atomic E-state index is -1.25. The average molecular weight is 686 g/mol. The molecule has 264 valence electrons. The minimum Gasteiger partial charge on any atom is -0.480 e. The smallest absolute Gasteiger partial charge is 0.321 e. The van der Waals surface area contributed by atoms with Crippen molar-refractivity contribution >= 4 is 47.6 Å². The lowest BCUT2D eigenvalue weighted by atomic mass is 10.0. The first-order chi connectivity index (χ1) is 22.4. The van der Waals surface area contributed by atoms with Crippen LogP contribution in [0.15, 0.2) is 30.3 Å². The molecule has 15 N–H and O–H groups in total. The Bertz CT molecular complexity index is 1150. The van der Waals surface area contributed by atoms with Gasteiger partial charge in [-0.05, 0) is 24.8 Å². The lowest BCUT2D eigenvalue weighted by Gasteiger charge is -2.20. The predicted octanol–water partition coefficient (Wildman–Crippen LogP) is -4.30. The van der Waals surface area contributed by atoms with E-state index in [9.17, 15) is 33.9 Å². The van der Waals surface area contributed by atoms with Crippen LogP contribution in [0.3, 0.4) is 0 Å². The SMILES string of the molecule is NC(=O)CC(NCC(N)CO)C(=O)NSNC(CCC(=O)NCCCCNC(=O)C(Cc1ccccc1)NC(=O)C(N)CO)C(=O)O. The van der Waals surface area contributed by atoms with Gasteiger partial charge in [0, 0.05) is 50.7 Å². The van der Waals surface area contributed by atoms with E-state index in [2.05, 4.69) is 30.7 Å². The fourth-order valence-corrected chi connectivity index (χ4v) is 4.53. The number of unbranched alkanes of at least 4 members (excludes halogenated alkanes) is 1. The largest absolute Gasteiger partial charge is 0.480 e. The van der Waals surface area contributed by atoms with Crippen LogP contribution < -0.4 is 47.9 Å². The number of primary amides is 1. The summed E-state index contributed by atoms with van der Waals surface area (Å²) in [6, 6.07) is 4.07. The van der Waals surface area contributed by atoms with Gasteiger partial charge in [0.25, 0.3) is 0 Å². The van der Waals surface area contributed by atoms with Crippen molar-refractivity contribution in [2.24, 2.45) is 17.2 Å². The van der Waals surface area contributed by atoms with E-state index in [0.29, 0.717) is 25.0 Å². The molecule has 47 heavy (non-hydrogen) atoms. The molecule has 18 nitrogen and oxygen atoms in total. The van der Waals surface area contributed by atoms with Gasteiger partial charge in [0.15, 0.2) is 0 Å². The molecule has 0 aliphatic rings. The third-order valence-electron chi connectivity index (χ3n) is 6.57. The highest BCUT2D eigenvalue weighted by atomic mass is 32.2. The summed E-state index contributed by atoms with van der Waals surface area (Å²) in [7, 11) is 0. The molecule has 0 bridgehead atoms. The predicted molar refractivity (Wildman–Crippen MR) is 173 cm³/mol. The van der Waals surface area contributed by atoms with Crippen molar-refractivity contribution in [3.8, 4) is 0 Å². The Labute approximate surface area is 277 Å². The molecule has 5 unspecified atom stereocenters. The molecule has 5 atom stereocenters. The highest BCUT2D eigenvalue weighted by Crippen LogP contribution is 2.05. The van der Waals surface area contributed by atoms with Gasteiger partial charge in [-0.2, -0.15) is 0 Å². The maximum Gasteiger partial charge on any atom is 0.321 e. The maximum absolute atomic E-state index is 12.8. The van der Waals surface area contributed by atoms with Gasteiger partial charge in [-0.3, -0.25) is 33.5 Å². The Balaban J connectivity index is 2.41. The van der Waals surface area contributed by atoms with Crippen molar-refractivity contribution in [3.05, 3.63) is 35.9 Å². The molecule has 0 spiro atoms. The van der Waals surface area contributed by atoms with Crippen LogP contribution in [-0.4, -0.2) is 114 Å². The van der Waals surface area contributed by atoms with E-state index >= 15 is 0 Å². The molecular weight excluding hydrogens is 638 g/mol. The van der Waals surface area contributed by atoms with Crippen LogP contribution in [0.1, 0.15) is 37.7 Å². The summed E-state index contributed by atoms with van der Waals surface area (Å²) in [6.07, 6.45) is 0.648. The lowest BCUT2D eigenvalue weighted by molar-refractivity contribution is -0.139. The van der Waals surface area contributed by atoms with Gasteiger partial charge in [-0.1, -0.05) is 30.3 Å². The normalized spacial score (nSPS) is 14.1. The van der Waals surface area contributed by atoms with Crippen LogP contribution in [0.2, 0.25) is 0 Å². The molecule has 1 aromatic rings. The standard InChI is InChI=1S/C28H47N9O9S/c29-18(15-38)14-34-21(13-23(31)40)27(44)37-47-36-20(28(45)46)8-9-24(41)32-10-4-5-11-33-26(43)22(35-25(42)19(30)16-39)12-17-6-2-1-3-7-17/h1-3,6-7,18-22,34,36,38-39H,4-5,8-16,29-30H2,(H2,31,40)(H,32,41)(H,33,43)(H,35,42)(H,37,44)(H,45,46). The molecule has 0 heterocycles. The molecule has 0 aromatic heterocycles. The first-order valence-electron chi connectivity index (χ1n) is 14.9. The Hall–Kier alpha value is -3.85. The van der Waals surface area contributed by atoms with Crippen LogP contribution >= 0.6 is 12.1 Å². The van der Waals surface area contributed by atoms with Gasteiger partial charge < -0.3 is 53.8 Å². The van der Waals surface area contributed by atoms with Crippen LogP contribution in [0.4, 0.5) is 0 Å². The van der Waals surface area contributed by atoms with Gasteiger partial charge in [0.2, 0.25) is 29.5 Å². The number of rotatable bonds is 25. The van der Waals surface area contributed by atoms with Gasteiger partial charge in [0.1, 0.15) is 18.1 Å². The maximum atomic E-state index is 12.8. The van der Waals surface area contributed by atoms with Crippen molar-refractivity contribution in [2.75, 3.05) is 32.8 Å². The van der Waals surface area contributed by atoms with Crippen molar-refractivity contribution in [1.29, 1.82) is 0 Å². The Morgan fingerprint density at radius 1 is 0.830 bits per heavy atom. The number of hydrogen-bond acceptors (Lipinski definition) is 13. The molecule has 0 radical (unpaired) electrons. The van der Waals surface area contributed by atoms with E-state index in [-0.39, 0.29) is 51.9 Å². The second-order valence-corrected chi connectivity index (χ2v) is 11.2. The molecule has 0 aliphatic carbocycles. The highest BCUT2D eigenvalue weighted by molar-refractivity contribution is 7.96. The zero-order valence-electron chi connectivity index (χ0n) is 26.0. The summed E-state index contributed by atoms with van der Waals surface area (Å²) in [5.41, 5.74) is 17.1. The number of hydrogen-bond donors (Lipinski definition) is 12. The van der Waals surface area contributed by atoms with Gasteiger partial charge >= 0.3 is 5.97 Å². The second-order valence-electron chi connectivity index (χ2n) is 10.6. The third kappa shape index (κ3) is 18.2. The number of carbonyl (C=O) groups excluding carboxylic acids is 5. The molecule has 1 rings (SSSR count). The number of carboxylic acids is 1. The fourth-order valence-electron chi connectivity index (χ4n) is 3.87. The molecule has 19 heteroatoms. The zero-order chi connectivity index (χ0) is 35.2. The molecule has 1 aromatic carbocycles. The molecule has 0 aliphatic heterocycles. The number of carboxylic acid groups (broad SMARTS) is 1. The average Bonchev–Trinajstić information content (AvgIpc) is 3.04. The monoisotopic (exact) mass is 685 g/mol. The quantitative estimate of drug-likeness (QED) is 0.0342. The first kappa shape index (κ1) is 41.2. The summed E-state index contributed by atoms with van der Waals surface area (Å²) in [5, 5.41) is 38.3. The van der Waals surface area contributed by atoms with E-state index in [0.717, 1.165) is 5.56 Å². The van der Waals surface area contributed by atoms with E-state index in [1.807, 2.05) is 18.2 Å². The summed E-state index contributed by atoms with van der Waals surface area (Å²) < 4.78 is 4.90. The first-order valence-corrected chi connectivity index (χ1v) is 15.8. The zero-order valence-corrected chi connectivity index (χ0v) is 26.8. The molecule has 5 amide bonds. The van der Waals surface area contributed by atoms with Crippen molar-refractivity contribution in [2.45, 2.75) is 68.7 Å². The number of amides is 5. The second kappa shape index (κ2) is 23.5. The van der Waals surface area contributed by atoms with Gasteiger partial charge in [-0.25, -0.2) is 4.72 Å². The Kier molecular flexibility index (Phi) is 20.6. The van der Waals surface area contributed by atoms with E-state index in [4.69, 9.17) is 27.4 Å². The summed E-state index contributed by atoms with van der Waals surface area (Å²) in [6.45, 7) is -0.350. The highest BCUT2D eigenvalue weighted by Gasteiger charge is 2.25.